The molecule has 0 radical (unpaired) electrons. The molecule has 0 unspecified atom stereocenters. The quantitative estimate of drug-likeness (QED) is 0.637. The Balaban J connectivity index is 1.50. The van der Waals surface area contributed by atoms with Crippen LogP contribution in [-0.2, 0) is 18.9 Å². The summed E-state index contributed by atoms with van der Waals surface area (Å²) in [4.78, 5) is 0. The molecule has 0 aliphatic heterocycles. The summed E-state index contributed by atoms with van der Waals surface area (Å²) < 4.78 is 0.951. The molecule has 0 amide bonds. The van der Waals surface area contributed by atoms with Crippen LogP contribution in [-0.4, -0.2) is 15.3 Å². The zero-order chi connectivity index (χ0) is 15.9. The van der Waals surface area contributed by atoms with Gasteiger partial charge in [-0.3, -0.25) is 0 Å². The molecule has 2 N–H and O–H groups in total. The number of hydrogen-bond donors (Lipinski definition) is 2. The number of anilines is 1. The van der Waals surface area contributed by atoms with Crippen molar-refractivity contribution in [3.8, 4) is 0 Å². The molecule has 118 valence electrons. The predicted molar refractivity (Wildman–Crippen MR) is 95.6 cm³/mol. The number of thioether (sulfide) groups is 1. The normalized spacial score (nSPS) is 10.7. The van der Waals surface area contributed by atoms with Crippen LogP contribution in [0.15, 0.2) is 58.9 Å². The Bertz CT molecular complexity index is 729. The van der Waals surface area contributed by atoms with Gasteiger partial charge in [-0.15, -0.1) is 10.2 Å². The van der Waals surface area contributed by atoms with Crippen LogP contribution >= 0.6 is 23.1 Å². The summed E-state index contributed by atoms with van der Waals surface area (Å²) in [6, 6.07) is 18.2. The monoisotopic (exact) mass is 343 g/mol. The van der Waals surface area contributed by atoms with Gasteiger partial charge >= 0.3 is 0 Å². The van der Waals surface area contributed by atoms with Gasteiger partial charge in [0.05, 0.1) is 6.61 Å². The number of nitrogens with zero attached hydrogens (tertiary/aromatic N) is 2. The molecule has 3 rings (SSSR count). The van der Waals surface area contributed by atoms with Gasteiger partial charge in [0.15, 0.2) is 4.34 Å². The van der Waals surface area contributed by atoms with Crippen molar-refractivity contribution in [2.24, 2.45) is 0 Å². The van der Waals surface area contributed by atoms with Gasteiger partial charge in [0.2, 0.25) is 5.13 Å². The van der Waals surface area contributed by atoms with E-state index < -0.39 is 0 Å². The maximum absolute atomic E-state index is 9.04. The lowest BCUT2D eigenvalue weighted by atomic mass is 10.2. The summed E-state index contributed by atoms with van der Waals surface area (Å²) in [5, 5.41) is 21.6. The fourth-order valence-electron chi connectivity index (χ4n) is 2.00. The van der Waals surface area contributed by atoms with Crippen LogP contribution in [0.4, 0.5) is 5.13 Å². The van der Waals surface area contributed by atoms with Gasteiger partial charge in [-0.1, -0.05) is 77.7 Å². The first-order chi connectivity index (χ1) is 11.3. The van der Waals surface area contributed by atoms with Gasteiger partial charge in [0, 0.05) is 12.3 Å². The number of rotatable bonds is 7. The Morgan fingerprint density at radius 3 is 2.39 bits per heavy atom. The molecule has 0 saturated carbocycles. The number of nitrogens with one attached hydrogen (secondary N) is 1. The standard InChI is InChI=1S/C17H17N3OS2/c21-11-14-6-8-15(9-7-14)12-22-17-20-19-16(23-17)18-10-13-4-2-1-3-5-13/h1-9,21H,10-12H2,(H,18,19). The van der Waals surface area contributed by atoms with Crippen LogP contribution in [0.1, 0.15) is 16.7 Å². The number of aliphatic hydroxyl groups excluding tert-OH is 1. The Morgan fingerprint density at radius 2 is 1.65 bits per heavy atom. The maximum Gasteiger partial charge on any atom is 0.206 e. The molecule has 2 aromatic carbocycles. The van der Waals surface area contributed by atoms with Gasteiger partial charge in [0.1, 0.15) is 0 Å². The van der Waals surface area contributed by atoms with Crippen molar-refractivity contribution in [1.82, 2.24) is 10.2 Å². The number of benzene rings is 2. The van der Waals surface area contributed by atoms with Crippen LogP contribution in [0.3, 0.4) is 0 Å². The molecule has 6 heteroatoms. The Morgan fingerprint density at radius 1 is 0.913 bits per heavy atom. The van der Waals surface area contributed by atoms with E-state index >= 15 is 0 Å². The summed E-state index contributed by atoms with van der Waals surface area (Å²) in [6.45, 7) is 0.836. The van der Waals surface area contributed by atoms with Gasteiger partial charge in [-0.2, -0.15) is 0 Å². The Hall–Kier alpha value is -1.89. The lowest BCUT2D eigenvalue weighted by Gasteiger charge is -2.01. The van der Waals surface area contributed by atoms with Gasteiger partial charge in [-0.05, 0) is 16.7 Å². The van der Waals surface area contributed by atoms with Crippen molar-refractivity contribution < 1.29 is 5.11 Å². The highest BCUT2D eigenvalue weighted by molar-refractivity contribution is 8.00. The highest BCUT2D eigenvalue weighted by Crippen LogP contribution is 2.28. The molecule has 4 nitrogen and oxygen atoms in total. The first-order valence-electron chi connectivity index (χ1n) is 7.26. The smallest absolute Gasteiger partial charge is 0.206 e. The van der Waals surface area contributed by atoms with E-state index in [-0.39, 0.29) is 6.61 Å². The van der Waals surface area contributed by atoms with E-state index in [1.807, 2.05) is 42.5 Å². The summed E-state index contributed by atoms with van der Waals surface area (Å²) in [6.07, 6.45) is 0. The van der Waals surface area contributed by atoms with Gasteiger partial charge in [-0.25, -0.2) is 0 Å². The minimum atomic E-state index is 0.0836. The van der Waals surface area contributed by atoms with E-state index in [0.717, 1.165) is 27.3 Å². The van der Waals surface area contributed by atoms with E-state index in [9.17, 15) is 0 Å². The van der Waals surface area contributed by atoms with E-state index in [2.05, 4.69) is 27.6 Å². The average molecular weight is 343 g/mol. The minimum Gasteiger partial charge on any atom is -0.392 e. The molecule has 23 heavy (non-hydrogen) atoms. The van der Waals surface area contributed by atoms with Crippen LogP contribution in [0, 0.1) is 0 Å². The van der Waals surface area contributed by atoms with Crippen molar-refractivity contribution in [3.63, 3.8) is 0 Å². The zero-order valence-corrected chi connectivity index (χ0v) is 14.1. The first kappa shape index (κ1) is 16.0. The fourth-order valence-corrected chi connectivity index (χ4v) is 3.70. The summed E-state index contributed by atoms with van der Waals surface area (Å²) >= 11 is 3.24. The molecule has 0 spiro atoms. The SMILES string of the molecule is OCc1ccc(CSc2nnc(NCc3ccccc3)s2)cc1. The number of aliphatic hydroxyl groups is 1. The minimum absolute atomic E-state index is 0.0836. The second-order valence-corrected chi connectivity index (χ2v) is 7.18. The van der Waals surface area contributed by atoms with Crippen molar-refractivity contribution in [1.29, 1.82) is 0 Å². The highest BCUT2D eigenvalue weighted by atomic mass is 32.2. The summed E-state index contributed by atoms with van der Waals surface area (Å²) in [5.41, 5.74) is 3.36. The maximum atomic E-state index is 9.04. The van der Waals surface area contributed by atoms with Crippen molar-refractivity contribution >= 4 is 28.2 Å². The second-order valence-electron chi connectivity index (χ2n) is 4.98. The molecule has 0 bridgehead atoms. The van der Waals surface area contributed by atoms with Crippen molar-refractivity contribution in [2.75, 3.05) is 5.32 Å². The van der Waals surface area contributed by atoms with Gasteiger partial charge < -0.3 is 10.4 Å². The molecule has 3 aromatic rings. The first-order valence-corrected chi connectivity index (χ1v) is 9.06. The summed E-state index contributed by atoms with van der Waals surface area (Å²) in [5.74, 6) is 0.846. The number of aromatic nitrogens is 2. The van der Waals surface area contributed by atoms with Crippen LogP contribution in [0.5, 0.6) is 0 Å². The van der Waals surface area contributed by atoms with Crippen molar-refractivity contribution in [3.05, 3.63) is 71.3 Å². The predicted octanol–water partition coefficient (Wildman–Crippen LogP) is 3.93. The third-order valence-electron chi connectivity index (χ3n) is 3.26. The fraction of sp³-hybridized carbons (Fsp3) is 0.176. The van der Waals surface area contributed by atoms with E-state index in [1.165, 1.54) is 11.1 Å². The Labute approximate surface area is 143 Å². The molecular formula is C17H17N3OS2. The van der Waals surface area contributed by atoms with Crippen LogP contribution in [0.2, 0.25) is 0 Å². The van der Waals surface area contributed by atoms with Crippen LogP contribution in [0.25, 0.3) is 0 Å². The second kappa shape index (κ2) is 8.10. The topological polar surface area (TPSA) is 58.0 Å². The Kier molecular flexibility index (Phi) is 5.63. The molecule has 0 aliphatic carbocycles. The summed E-state index contributed by atoms with van der Waals surface area (Å²) in [7, 11) is 0. The molecule has 0 saturated heterocycles. The largest absolute Gasteiger partial charge is 0.392 e. The van der Waals surface area contributed by atoms with E-state index in [0.29, 0.717) is 0 Å². The third kappa shape index (κ3) is 4.79. The van der Waals surface area contributed by atoms with E-state index in [1.54, 1.807) is 23.1 Å². The lowest BCUT2D eigenvalue weighted by molar-refractivity contribution is 0.282. The average Bonchev–Trinajstić information content (AvgIpc) is 3.07. The molecule has 0 fully saturated rings. The third-order valence-corrected chi connectivity index (χ3v) is 5.35. The molecule has 1 heterocycles. The van der Waals surface area contributed by atoms with Crippen LogP contribution < -0.4 is 5.32 Å². The molecule has 1 aromatic heterocycles. The zero-order valence-electron chi connectivity index (χ0n) is 12.5. The van der Waals surface area contributed by atoms with Gasteiger partial charge in [0.25, 0.3) is 0 Å². The molecular weight excluding hydrogens is 326 g/mol. The van der Waals surface area contributed by atoms with Crippen molar-refractivity contribution in [2.45, 2.75) is 23.2 Å². The number of hydrogen-bond acceptors (Lipinski definition) is 6. The van der Waals surface area contributed by atoms with E-state index in [4.69, 9.17) is 5.11 Å². The lowest BCUT2D eigenvalue weighted by Crippen LogP contribution is -1.98. The highest BCUT2D eigenvalue weighted by Gasteiger charge is 2.05. The molecule has 0 aliphatic rings. The molecule has 0 atom stereocenters.